The molecule has 7 heteroatoms. The van der Waals surface area contributed by atoms with E-state index in [1.807, 2.05) is 30.7 Å². The van der Waals surface area contributed by atoms with Crippen LogP contribution in [0.25, 0.3) is 44.5 Å². The van der Waals surface area contributed by atoms with E-state index in [2.05, 4.69) is 48.7 Å². The van der Waals surface area contributed by atoms with Crippen LogP contribution in [0.2, 0.25) is 0 Å². The summed E-state index contributed by atoms with van der Waals surface area (Å²) in [7, 11) is 0. The largest absolute Gasteiger partial charge is 0.338 e. The van der Waals surface area contributed by atoms with Gasteiger partial charge in [0.05, 0.1) is 17.4 Å². The second-order valence-electron chi connectivity index (χ2n) is 7.80. The molecule has 1 aliphatic rings. The van der Waals surface area contributed by atoms with Gasteiger partial charge in [0.15, 0.2) is 0 Å². The summed E-state index contributed by atoms with van der Waals surface area (Å²) >= 11 is 0. The summed E-state index contributed by atoms with van der Waals surface area (Å²) in [4.78, 5) is 17.0. The third-order valence-corrected chi connectivity index (χ3v) is 5.99. The molecule has 1 saturated heterocycles. The monoisotopic (exact) mass is 395 g/mol. The molecule has 0 radical (unpaired) electrons. The van der Waals surface area contributed by atoms with Gasteiger partial charge in [-0.25, -0.2) is 4.98 Å². The van der Waals surface area contributed by atoms with Gasteiger partial charge in [0.2, 0.25) is 0 Å². The van der Waals surface area contributed by atoms with Crippen LogP contribution in [-0.4, -0.2) is 43.2 Å². The molecule has 3 N–H and O–H groups in total. The Morgan fingerprint density at radius 3 is 2.73 bits per heavy atom. The summed E-state index contributed by atoms with van der Waals surface area (Å²) in [5.74, 6) is 0.500. The molecule has 0 saturated carbocycles. The second-order valence-corrected chi connectivity index (χ2v) is 7.80. The minimum atomic E-state index is 0.500. The minimum absolute atomic E-state index is 0.500. The number of hydrogen-bond donors (Lipinski definition) is 3. The fourth-order valence-electron chi connectivity index (χ4n) is 4.41. The van der Waals surface area contributed by atoms with Crippen molar-refractivity contribution in [3.8, 4) is 22.5 Å². The number of aromatic amines is 2. The lowest BCUT2D eigenvalue weighted by molar-refractivity contribution is 0.453. The Morgan fingerprint density at radius 2 is 1.87 bits per heavy atom. The molecule has 6 rings (SSSR count). The van der Waals surface area contributed by atoms with E-state index < -0.39 is 0 Å². The summed E-state index contributed by atoms with van der Waals surface area (Å²) in [6.45, 7) is 2.10. The highest BCUT2D eigenvalue weighted by Crippen LogP contribution is 2.34. The first-order valence-electron chi connectivity index (χ1n) is 10.3. The van der Waals surface area contributed by atoms with Crippen molar-refractivity contribution in [3.05, 3.63) is 60.8 Å². The predicted octanol–water partition coefficient (Wildman–Crippen LogP) is 4.03. The van der Waals surface area contributed by atoms with Crippen molar-refractivity contribution in [2.45, 2.75) is 18.8 Å². The number of hydrogen-bond acceptors (Lipinski definition) is 5. The van der Waals surface area contributed by atoms with E-state index in [1.54, 1.807) is 6.20 Å². The van der Waals surface area contributed by atoms with Gasteiger partial charge in [-0.15, -0.1) is 0 Å². The maximum Gasteiger partial charge on any atom is 0.138 e. The normalized spacial score (nSPS) is 15.2. The summed E-state index contributed by atoms with van der Waals surface area (Å²) < 4.78 is 0. The van der Waals surface area contributed by atoms with Crippen LogP contribution < -0.4 is 5.32 Å². The van der Waals surface area contributed by atoms with E-state index in [9.17, 15) is 0 Å². The first-order chi connectivity index (χ1) is 14.9. The maximum absolute atomic E-state index is 4.71. The number of nitrogens with one attached hydrogen (secondary N) is 3. The summed E-state index contributed by atoms with van der Waals surface area (Å²) in [5.41, 5.74) is 6.96. The molecule has 0 unspecified atom stereocenters. The molecule has 0 amide bonds. The van der Waals surface area contributed by atoms with Gasteiger partial charge >= 0.3 is 0 Å². The maximum atomic E-state index is 4.71. The van der Waals surface area contributed by atoms with Crippen LogP contribution in [0.5, 0.6) is 0 Å². The molecular formula is C23H21N7. The van der Waals surface area contributed by atoms with Gasteiger partial charge in [-0.2, -0.15) is 5.10 Å². The number of aromatic nitrogens is 6. The zero-order valence-corrected chi connectivity index (χ0v) is 16.4. The van der Waals surface area contributed by atoms with Crippen molar-refractivity contribution in [2.24, 2.45) is 0 Å². The molecular weight excluding hydrogens is 374 g/mol. The molecule has 0 bridgehead atoms. The Kier molecular flexibility index (Phi) is 4.06. The van der Waals surface area contributed by atoms with Crippen LogP contribution in [-0.2, 0) is 0 Å². The van der Waals surface area contributed by atoms with Crippen LogP contribution in [0.1, 0.15) is 24.5 Å². The van der Waals surface area contributed by atoms with E-state index in [-0.39, 0.29) is 0 Å². The standard InChI is InChI=1S/C23H21N7/c1-2-15(12-25-6-1)16-5-9-26-23-17(16)10-20(28-23)22-18-11-19(14-3-7-24-8-4-14)27-13-21(18)29-30-22/h1-2,5-6,9-14,24H,3-4,7-8H2,(H,26,28)(H,29,30). The minimum Gasteiger partial charge on any atom is -0.338 e. The topological polar surface area (TPSA) is 95.2 Å². The predicted molar refractivity (Wildman–Crippen MR) is 117 cm³/mol. The average Bonchev–Trinajstić information content (AvgIpc) is 3.43. The molecule has 1 fully saturated rings. The Bertz CT molecular complexity index is 1330. The fourth-order valence-corrected chi connectivity index (χ4v) is 4.41. The van der Waals surface area contributed by atoms with Gasteiger partial charge in [0.1, 0.15) is 11.3 Å². The molecule has 1 aliphatic heterocycles. The van der Waals surface area contributed by atoms with E-state index in [1.165, 1.54) is 0 Å². The number of nitrogens with zero attached hydrogens (tertiary/aromatic N) is 4. The Hall–Kier alpha value is -3.58. The van der Waals surface area contributed by atoms with Gasteiger partial charge in [0, 0.05) is 46.5 Å². The van der Waals surface area contributed by atoms with E-state index >= 15 is 0 Å². The number of fused-ring (bicyclic) bond motifs is 2. The van der Waals surface area contributed by atoms with Crippen molar-refractivity contribution >= 4 is 21.9 Å². The lowest BCUT2D eigenvalue weighted by Gasteiger charge is -2.22. The highest BCUT2D eigenvalue weighted by molar-refractivity contribution is 5.99. The fraction of sp³-hybridized carbons (Fsp3) is 0.217. The number of H-pyrrole nitrogens is 2. The highest BCUT2D eigenvalue weighted by atomic mass is 15.1. The molecule has 7 nitrogen and oxygen atoms in total. The van der Waals surface area contributed by atoms with Crippen LogP contribution in [0.15, 0.2) is 55.1 Å². The first-order valence-corrected chi connectivity index (χ1v) is 10.3. The second kappa shape index (κ2) is 7.03. The Balaban J connectivity index is 1.47. The van der Waals surface area contributed by atoms with Crippen molar-refractivity contribution in [1.82, 2.24) is 35.5 Å². The Morgan fingerprint density at radius 1 is 0.933 bits per heavy atom. The van der Waals surface area contributed by atoms with Crippen LogP contribution >= 0.6 is 0 Å². The van der Waals surface area contributed by atoms with Crippen molar-refractivity contribution < 1.29 is 0 Å². The number of pyridine rings is 3. The molecule has 0 aromatic carbocycles. The van der Waals surface area contributed by atoms with Crippen molar-refractivity contribution in [1.29, 1.82) is 0 Å². The van der Waals surface area contributed by atoms with E-state index in [0.717, 1.165) is 76.1 Å². The summed E-state index contributed by atoms with van der Waals surface area (Å²) in [5, 5.41) is 13.3. The molecule has 5 aromatic heterocycles. The molecule has 0 spiro atoms. The van der Waals surface area contributed by atoms with Crippen LogP contribution in [0.4, 0.5) is 0 Å². The van der Waals surface area contributed by atoms with Crippen LogP contribution in [0, 0.1) is 0 Å². The lowest BCUT2D eigenvalue weighted by atomic mass is 9.93. The van der Waals surface area contributed by atoms with Gasteiger partial charge < -0.3 is 10.3 Å². The lowest BCUT2D eigenvalue weighted by Crippen LogP contribution is -2.27. The number of rotatable bonds is 3. The molecule has 30 heavy (non-hydrogen) atoms. The van der Waals surface area contributed by atoms with Gasteiger partial charge in [-0.05, 0) is 55.8 Å². The molecule has 0 aliphatic carbocycles. The summed E-state index contributed by atoms with van der Waals surface area (Å²) in [6, 6.07) is 10.4. The van der Waals surface area contributed by atoms with E-state index in [0.29, 0.717) is 5.92 Å². The quantitative estimate of drug-likeness (QED) is 0.429. The van der Waals surface area contributed by atoms with E-state index in [4.69, 9.17) is 4.98 Å². The molecule has 5 aromatic rings. The third kappa shape index (κ3) is 2.86. The zero-order valence-electron chi connectivity index (χ0n) is 16.4. The molecule has 148 valence electrons. The van der Waals surface area contributed by atoms with Gasteiger partial charge in [-0.3, -0.25) is 15.1 Å². The third-order valence-electron chi connectivity index (χ3n) is 5.99. The van der Waals surface area contributed by atoms with Crippen molar-refractivity contribution in [3.63, 3.8) is 0 Å². The van der Waals surface area contributed by atoms with Gasteiger partial charge in [-0.1, -0.05) is 6.07 Å². The SMILES string of the molecule is c1cncc(-c2ccnc3[nH]c(-c4n[nH]c5cnc(C6CCNCC6)cc45)cc23)c1. The zero-order chi connectivity index (χ0) is 19.9. The average molecular weight is 395 g/mol. The summed E-state index contributed by atoms with van der Waals surface area (Å²) in [6.07, 6.45) is 9.64. The molecule has 6 heterocycles. The van der Waals surface area contributed by atoms with Crippen molar-refractivity contribution in [2.75, 3.05) is 13.1 Å². The highest BCUT2D eigenvalue weighted by Gasteiger charge is 2.19. The van der Waals surface area contributed by atoms with Crippen LogP contribution in [0.3, 0.4) is 0 Å². The number of piperidine rings is 1. The smallest absolute Gasteiger partial charge is 0.138 e. The van der Waals surface area contributed by atoms with Gasteiger partial charge in [0.25, 0.3) is 0 Å². The first kappa shape index (κ1) is 17.3. The molecule has 0 atom stereocenters. The Labute approximate surface area is 173 Å².